The van der Waals surface area contributed by atoms with Gasteiger partial charge in [0.2, 0.25) is 0 Å². The van der Waals surface area contributed by atoms with E-state index in [4.69, 9.17) is 0 Å². The molecule has 7 heteroatoms. The highest BCUT2D eigenvalue weighted by molar-refractivity contribution is 7.92. The lowest BCUT2D eigenvalue weighted by molar-refractivity contribution is 0.254. The van der Waals surface area contributed by atoms with Crippen molar-refractivity contribution in [1.29, 1.82) is 0 Å². The first-order valence-corrected chi connectivity index (χ1v) is 9.14. The number of urea groups is 1. The van der Waals surface area contributed by atoms with Crippen molar-refractivity contribution >= 4 is 27.4 Å². The Morgan fingerprint density at radius 2 is 1.65 bits per heavy atom. The predicted octanol–water partition coefficient (Wildman–Crippen LogP) is 3.86. The highest BCUT2D eigenvalue weighted by Gasteiger charge is 2.13. The summed E-state index contributed by atoms with van der Waals surface area (Å²) in [6.45, 7) is 7.14. The van der Waals surface area contributed by atoms with E-state index < -0.39 is 16.1 Å². The Balaban J connectivity index is 2.11. The standard InChI is InChI=1S/C19H19N3O3S/c1-3-9-15(4-2)20-19(23)21-16-10-8-11-17(14-16)22-26(24,25)18-12-6-5-7-13-18/h3-14,22H,1-2H2,(H2,20,21,23)/b15-9+. The van der Waals surface area contributed by atoms with Crippen molar-refractivity contribution < 1.29 is 13.2 Å². The number of carbonyl (C=O) groups is 1. The fourth-order valence-corrected chi connectivity index (χ4v) is 3.13. The van der Waals surface area contributed by atoms with E-state index in [0.29, 0.717) is 17.1 Å². The van der Waals surface area contributed by atoms with Crippen LogP contribution in [0.25, 0.3) is 0 Å². The molecule has 0 heterocycles. The first-order chi connectivity index (χ1) is 12.4. The highest BCUT2D eigenvalue weighted by Crippen LogP contribution is 2.19. The smallest absolute Gasteiger partial charge is 0.308 e. The summed E-state index contributed by atoms with van der Waals surface area (Å²) in [5, 5.41) is 5.22. The van der Waals surface area contributed by atoms with Crippen molar-refractivity contribution in [3.05, 3.63) is 91.7 Å². The van der Waals surface area contributed by atoms with Gasteiger partial charge in [-0.25, -0.2) is 13.2 Å². The molecule has 0 atom stereocenters. The molecule has 0 fully saturated rings. The van der Waals surface area contributed by atoms with Gasteiger partial charge < -0.3 is 10.6 Å². The van der Waals surface area contributed by atoms with Crippen molar-refractivity contribution in [3.63, 3.8) is 0 Å². The lowest BCUT2D eigenvalue weighted by Crippen LogP contribution is -2.27. The van der Waals surface area contributed by atoms with E-state index in [1.165, 1.54) is 30.4 Å². The maximum atomic E-state index is 12.4. The second kappa shape index (κ2) is 8.68. The molecule has 0 aromatic heterocycles. The molecule has 0 radical (unpaired) electrons. The number of anilines is 2. The van der Waals surface area contributed by atoms with Gasteiger partial charge in [-0.1, -0.05) is 43.5 Å². The molecule has 2 aromatic rings. The molecule has 6 nitrogen and oxygen atoms in total. The molecule has 0 aliphatic heterocycles. The van der Waals surface area contributed by atoms with Crippen molar-refractivity contribution in [2.45, 2.75) is 4.90 Å². The summed E-state index contributed by atoms with van der Waals surface area (Å²) in [7, 11) is -3.70. The third-order valence-corrected chi connectivity index (χ3v) is 4.60. The minimum absolute atomic E-state index is 0.154. The van der Waals surface area contributed by atoms with Crippen LogP contribution in [0.3, 0.4) is 0 Å². The van der Waals surface area contributed by atoms with E-state index in [1.807, 2.05) is 0 Å². The number of hydrogen-bond acceptors (Lipinski definition) is 3. The summed E-state index contributed by atoms with van der Waals surface area (Å²) in [5.74, 6) is 0. The minimum atomic E-state index is -3.70. The predicted molar refractivity (Wildman–Crippen MR) is 104 cm³/mol. The van der Waals surface area contributed by atoms with Crippen molar-refractivity contribution in [2.24, 2.45) is 0 Å². The zero-order chi connectivity index (χ0) is 19.0. The maximum Gasteiger partial charge on any atom is 0.323 e. The Morgan fingerprint density at radius 1 is 0.962 bits per heavy atom. The number of rotatable bonds is 7. The van der Waals surface area contributed by atoms with Crippen LogP contribution in [-0.2, 0) is 10.0 Å². The lowest BCUT2D eigenvalue weighted by Gasteiger charge is -2.11. The minimum Gasteiger partial charge on any atom is -0.308 e. The Kier molecular flexibility index (Phi) is 6.35. The van der Waals surface area contributed by atoms with Gasteiger partial charge in [0, 0.05) is 11.4 Å². The maximum absolute atomic E-state index is 12.4. The summed E-state index contributed by atoms with van der Waals surface area (Å²) in [6, 6.07) is 13.9. The van der Waals surface area contributed by atoms with Crippen molar-refractivity contribution in [1.82, 2.24) is 5.32 Å². The van der Waals surface area contributed by atoms with E-state index in [-0.39, 0.29) is 4.90 Å². The van der Waals surface area contributed by atoms with Crippen molar-refractivity contribution in [2.75, 3.05) is 10.0 Å². The van der Waals surface area contributed by atoms with E-state index in [0.717, 1.165) is 0 Å². The van der Waals surface area contributed by atoms with Crippen LogP contribution in [0.4, 0.5) is 16.2 Å². The van der Waals surface area contributed by atoms with Crippen LogP contribution < -0.4 is 15.4 Å². The Morgan fingerprint density at radius 3 is 2.31 bits per heavy atom. The molecule has 0 saturated carbocycles. The second-order valence-electron chi connectivity index (χ2n) is 5.14. The molecule has 3 N–H and O–H groups in total. The van der Waals surface area contributed by atoms with Crippen LogP contribution in [-0.4, -0.2) is 14.4 Å². The largest absolute Gasteiger partial charge is 0.323 e. The van der Waals surface area contributed by atoms with Gasteiger partial charge in [-0.2, -0.15) is 0 Å². The first kappa shape index (κ1) is 19.0. The second-order valence-corrected chi connectivity index (χ2v) is 6.82. The molecule has 2 amide bonds. The summed E-state index contributed by atoms with van der Waals surface area (Å²) < 4.78 is 27.2. The summed E-state index contributed by atoms with van der Waals surface area (Å²) in [6.07, 6.45) is 4.60. The van der Waals surface area contributed by atoms with Gasteiger partial charge in [0.25, 0.3) is 10.0 Å². The number of nitrogens with one attached hydrogen (secondary N) is 3. The molecule has 134 valence electrons. The fourth-order valence-electron chi connectivity index (χ4n) is 2.06. The van der Waals surface area contributed by atoms with Gasteiger partial charge in [0.1, 0.15) is 0 Å². The summed E-state index contributed by atoms with van der Waals surface area (Å²) >= 11 is 0. The number of sulfonamides is 1. The van der Waals surface area contributed by atoms with Gasteiger partial charge in [-0.05, 0) is 42.5 Å². The molecule has 2 aromatic carbocycles. The van der Waals surface area contributed by atoms with Crippen LogP contribution >= 0.6 is 0 Å². The molecule has 0 aliphatic rings. The quantitative estimate of drug-likeness (QED) is 0.648. The van der Waals surface area contributed by atoms with Crippen LogP contribution in [0.15, 0.2) is 96.6 Å². The lowest BCUT2D eigenvalue weighted by atomic mass is 10.3. The van der Waals surface area contributed by atoms with Gasteiger partial charge in [-0.3, -0.25) is 4.72 Å². The molecule has 2 rings (SSSR count). The highest BCUT2D eigenvalue weighted by atomic mass is 32.2. The number of allylic oxidation sites excluding steroid dienone is 3. The van der Waals surface area contributed by atoms with Gasteiger partial charge in [0.05, 0.1) is 10.6 Å². The number of hydrogen-bond donors (Lipinski definition) is 3. The monoisotopic (exact) mass is 369 g/mol. The molecule has 0 bridgehead atoms. The molecular formula is C19H19N3O3S. The zero-order valence-corrected chi connectivity index (χ0v) is 14.8. The normalized spacial score (nSPS) is 11.3. The molecule has 0 spiro atoms. The van der Waals surface area contributed by atoms with E-state index >= 15 is 0 Å². The Labute approximate surface area is 153 Å². The molecule has 0 unspecified atom stereocenters. The zero-order valence-electron chi connectivity index (χ0n) is 14.0. The van der Waals surface area contributed by atoms with Crippen molar-refractivity contribution in [3.8, 4) is 0 Å². The van der Waals surface area contributed by atoms with Gasteiger partial charge >= 0.3 is 6.03 Å². The van der Waals surface area contributed by atoms with E-state index in [9.17, 15) is 13.2 Å². The van der Waals surface area contributed by atoms with Crippen LogP contribution in [0.5, 0.6) is 0 Å². The Bertz CT molecular complexity index is 936. The average Bonchev–Trinajstić information content (AvgIpc) is 2.62. The molecule has 0 saturated heterocycles. The topological polar surface area (TPSA) is 87.3 Å². The molecule has 26 heavy (non-hydrogen) atoms. The number of carbonyl (C=O) groups excluding carboxylic acids is 1. The van der Waals surface area contributed by atoms with E-state index in [1.54, 1.807) is 42.5 Å². The summed E-state index contributed by atoms with van der Waals surface area (Å²) in [5.41, 5.74) is 1.24. The van der Waals surface area contributed by atoms with Gasteiger partial charge in [0.15, 0.2) is 0 Å². The van der Waals surface area contributed by atoms with Gasteiger partial charge in [-0.15, -0.1) is 0 Å². The fraction of sp³-hybridized carbons (Fsp3) is 0. The number of benzene rings is 2. The Hall–Kier alpha value is -3.32. The SMILES string of the molecule is C=C/C=C(\C=C)NC(=O)Nc1cccc(NS(=O)(=O)c2ccccc2)c1. The number of amides is 2. The van der Waals surface area contributed by atoms with E-state index in [2.05, 4.69) is 28.5 Å². The van der Waals surface area contributed by atoms with Crippen LogP contribution in [0.2, 0.25) is 0 Å². The first-order valence-electron chi connectivity index (χ1n) is 7.65. The summed E-state index contributed by atoms with van der Waals surface area (Å²) in [4.78, 5) is 12.1. The van der Waals surface area contributed by atoms with Crippen LogP contribution in [0.1, 0.15) is 0 Å². The third-order valence-electron chi connectivity index (χ3n) is 3.20. The molecular weight excluding hydrogens is 350 g/mol. The average molecular weight is 369 g/mol. The third kappa shape index (κ3) is 5.35. The van der Waals surface area contributed by atoms with Crippen LogP contribution in [0, 0.1) is 0 Å². The molecule has 0 aliphatic carbocycles.